The number of rotatable bonds is 4. The van der Waals surface area contributed by atoms with Crippen molar-refractivity contribution in [1.82, 2.24) is 15.2 Å². The normalized spacial score (nSPS) is 26.8. The summed E-state index contributed by atoms with van der Waals surface area (Å²) < 4.78 is 5.85. The van der Waals surface area contributed by atoms with Crippen molar-refractivity contribution in [2.24, 2.45) is 0 Å². The molecule has 0 radical (unpaired) electrons. The molecule has 0 amide bonds. The standard InChI is InChI=1S/C18H21N3OS2/c1-12-7-8-15(24-12)17-16(14-6-2-3-9-19-14)20-18(23)21(17)11-13-5-4-10-22-13/h2-3,6-9,13,16-17H,4-5,10-11H2,1H3,(H,20,23)/t13-,16+,17-/m1/s1. The van der Waals surface area contributed by atoms with Gasteiger partial charge in [-0.1, -0.05) is 6.07 Å². The number of aromatic nitrogens is 1. The molecule has 0 aromatic carbocycles. The van der Waals surface area contributed by atoms with Crippen molar-refractivity contribution in [3.63, 3.8) is 0 Å². The molecule has 24 heavy (non-hydrogen) atoms. The molecule has 2 aromatic rings. The Morgan fingerprint density at radius 2 is 2.29 bits per heavy atom. The van der Waals surface area contributed by atoms with Gasteiger partial charge in [-0.3, -0.25) is 4.98 Å². The summed E-state index contributed by atoms with van der Waals surface area (Å²) >= 11 is 7.51. The first-order valence-corrected chi connectivity index (χ1v) is 9.61. The van der Waals surface area contributed by atoms with E-state index in [2.05, 4.69) is 40.3 Å². The molecule has 0 unspecified atom stereocenters. The van der Waals surface area contributed by atoms with E-state index in [0.717, 1.165) is 36.8 Å². The molecule has 4 heterocycles. The van der Waals surface area contributed by atoms with Crippen molar-refractivity contribution >= 4 is 28.7 Å². The van der Waals surface area contributed by atoms with Crippen LogP contribution in [0.1, 0.15) is 40.4 Å². The highest BCUT2D eigenvalue weighted by Gasteiger charge is 2.41. The van der Waals surface area contributed by atoms with Crippen LogP contribution in [0.5, 0.6) is 0 Å². The summed E-state index contributed by atoms with van der Waals surface area (Å²) in [6, 6.07) is 10.7. The Kier molecular flexibility index (Phi) is 4.52. The SMILES string of the molecule is Cc1ccc([C@@H]2[C@H](c3ccccn3)NC(=S)N2C[C@H]2CCCO2)s1. The average molecular weight is 360 g/mol. The Hall–Kier alpha value is -1.50. The molecule has 6 heteroatoms. The molecule has 2 saturated heterocycles. The van der Waals surface area contributed by atoms with E-state index < -0.39 is 0 Å². The lowest BCUT2D eigenvalue weighted by Gasteiger charge is -2.28. The zero-order chi connectivity index (χ0) is 16.5. The Morgan fingerprint density at radius 3 is 2.96 bits per heavy atom. The van der Waals surface area contributed by atoms with E-state index in [1.54, 1.807) is 0 Å². The molecule has 0 saturated carbocycles. The predicted molar refractivity (Wildman–Crippen MR) is 100 cm³/mol. The highest BCUT2D eigenvalue weighted by molar-refractivity contribution is 7.80. The summed E-state index contributed by atoms with van der Waals surface area (Å²) in [5.41, 5.74) is 1.03. The quantitative estimate of drug-likeness (QED) is 0.844. The van der Waals surface area contributed by atoms with Gasteiger partial charge in [0, 0.05) is 29.1 Å². The van der Waals surface area contributed by atoms with Gasteiger partial charge >= 0.3 is 0 Å². The first-order chi connectivity index (χ1) is 11.7. The zero-order valence-electron chi connectivity index (χ0n) is 13.6. The van der Waals surface area contributed by atoms with Crippen LogP contribution in [-0.4, -0.2) is 34.3 Å². The van der Waals surface area contributed by atoms with Crippen LogP contribution in [0.2, 0.25) is 0 Å². The van der Waals surface area contributed by atoms with E-state index in [4.69, 9.17) is 17.0 Å². The Bertz CT molecular complexity index is 712. The van der Waals surface area contributed by atoms with Crippen LogP contribution in [0.4, 0.5) is 0 Å². The highest BCUT2D eigenvalue weighted by Crippen LogP contribution is 2.41. The lowest BCUT2D eigenvalue weighted by Crippen LogP contribution is -2.36. The Balaban J connectivity index is 1.67. The monoisotopic (exact) mass is 359 g/mol. The number of nitrogens with one attached hydrogen (secondary N) is 1. The lowest BCUT2D eigenvalue weighted by atomic mass is 10.0. The van der Waals surface area contributed by atoms with Crippen molar-refractivity contribution in [3.05, 3.63) is 52.0 Å². The fourth-order valence-corrected chi connectivity index (χ4v) is 4.87. The van der Waals surface area contributed by atoms with E-state index in [0.29, 0.717) is 0 Å². The van der Waals surface area contributed by atoms with Crippen LogP contribution >= 0.6 is 23.6 Å². The van der Waals surface area contributed by atoms with Crippen LogP contribution in [0.25, 0.3) is 0 Å². The third-order valence-electron chi connectivity index (χ3n) is 4.67. The summed E-state index contributed by atoms with van der Waals surface area (Å²) in [6.45, 7) is 3.86. The minimum atomic E-state index is 0.0816. The second-order valence-corrected chi connectivity index (χ2v) is 8.07. The largest absolute Gasteiger partial charge is 0.376 e. The molecule has 0 spiro atoms. The summed E-state index contributed by atoms with van der Waals surface area (Å²) in [4.78, 5) is 9.52. The number of hydrogen-bond donors (Lipinski definition) is 1. The van der Waals surface area contributed by atoms with E-state index in [1.165, 1.54) is 9.75 Å². The van der Waals surface area contributed by atoms with Gasteiger partial charge in [0.1, 0.15) is 0 Å². The van der Waals surface area contributed by atoms with Crippen molar-refractivity contribution in [2.45, 2.75) is 38.0 Å². The molecule has 0 bridgehead atoms. The lowest BCUT2D eigenvalue weighted by molar-refractivity contribution is 0.0846. The molecule has 126 valence electrons. The van der Waals surface area contributed by atoms with Gasteiger partial charge in [0.25, 0.3) is 0 Å². The molecule has 3 atom stereocenters. The van der Waals surface area contributed by atoms with Gasteiger partial charge in [-0.2, -0.15) is 0 Å². The molecular formula is C18H21N3OS2. The van der Waals surface area contributed by atoms with Gasteiger partial charge in [0.05, 0.1) is 23.9 Å². The zero-order valence-corrected chi connectivity index (χ0v) is 15.3. The molecule has 4 rings (SSSR count). The second kappa shape index (κ2) is 6.78. The average Bonchev–Trinajstić information content (AvgIpc) is 3.31. The minimum absolute atomic E-state index is 0.0816. The molecule has 2 fully saturated rings. The fraction of sp³-hybridized carbons (Fsp3) is 0.444. The summed E-state index contributed by atoms with van der Waals surface area (Å²) in [5.74, 6) is 0. The van der Waals surface area contributed by atoms with Crippen molar-refractivity contribution in [1.29, 1.82) is 0 Å². The first kappa shape index (κ1) is 16.0. The number of aryl methyl sites for hydroxylation is 1. The van der Waals surface area contributed by atoms with Gasteiger partial charge in [-0.15, -0.1) is 11.3 Å². The van der Waals surface area contributed by atoms with Gasteiger partial charge < -0.3 is 15.0 Å². The summed E-state index contributed by atoms with van der Waals surface area (Å²) in [5, 5.41) is 4.30. The van der Waals surface area contributed by atoms with E-state index in [1.807, 2.05) is 29.7 Å². The van der Waals surface area contributed by atoms with Crippen LogP contribution in [-0.2, 0) is 4.74 Å². The van der Waals surface area contributed by atoms with Crippen LogP contribution in [0.15, 0.2) is 36.5 Å². The molecule has 2 aliphatic heterocycles. The van der Waals surface area contributed by atoms with E-state index in [-0.39, 0.29) is 18.2 Å². The maximum absolute atomic E-state index is 5.85. The van der Waals surface area contributed by atoms with Crippen LogP contribution in [0.3, 0.4) is 0 Å². The molecule has 2 aliphatic rings. The molecular weight excluding hydrogens is 338 g/mol. The minimum Gasteiger partial charge on any atom is -0.376 e. The summed E-state index contributed by atoms with van der Waals surface area (Å²) in [6.07, 6.45) is 4.38. The van der Waals surface area contributed by atoms with Crippen LogP contribution < -0.4 is 5.32 Å². The van der Waals surface area contributed by atoms with Crippen molar-refractivity contribution < 1.29 is 4.74 Å². The summed E-state index contributed by atoms with van der Waals surface area (Å²) in [7, 11) is 0. The fourth-order valence-electron chi connectivity index (χ4n) is 3.53. The van der Waals surface area contributed by atoms with Gasteiger partial charge in [-0.05, 0) is 56.2 Å². The number of thiophene rings is 1. The topological polar surface area (TPSA) is 37.4 Å². The second-order valence-electron chi connectivity index (χ2n) is 6.36. The molecule has 0 aliphatic carbocycles. The van der Waals surface area contributed by atoms with Crippen molar-refractivity contribution in [3.8, 4) is 0 Å². The molecule has 4 nitrogen and oxygen atoms in total. The van der Waals surface area contributed by atoms with Gasteiger partial charge in [0.2, 0.25) is 0 Å². The predicted octanol–water partition coefficient (Wildman–Crippen LogP) is 3.60. The number of pyridine rings is 1. The highest BCUT2D eigenvalue weighted by atomic mass is 32.1. The number of nitrogens with zero attached hydrogens (tertiary/aromatic N) is 2. The van der Waals surface area contributed by atoms with Gasteiger partial charge in [0.15, 0.2) is 5.11 Å². The third kappa shape index (κ3) is 3.06. The maximum Gasteiger partial charge on any atom is 0.170 e. The van der Waals surface area contributed by atoms with Crippen LogP contribution in [0, 0.1) is 6.92 Å². The number of thiocarbonyl (C=S) groups is 1. The molecule has 2 aromatic heterocycles. The third-order valence-corrected chi connectivity index (χ3v) is 6.10. The maximum atomic E-state index is 5.85. The number of ether oxygens (including phenoxy) is 1. The first-order valence-electron chi connectivity index (χ1n) is 8.38. The smallest absolute Gasteiger partial charge is 0.170 e. The molecule has 1 N–H and O–H groups in total. The number of hydrogen-bond acceptors (Lipinski definition) is 4. The Labute approximate surface area is 151 Å². The van der Waals surface area contributed by atoms with E-state index >= 15 is 0 Å². The van der Waals surface area contributed by atoms with E-state index in [9.17, 15) is 0 Å². The van der Waals surface area contributed by atoms with Crippen molar-refractivity contribution in [2.75, 3.05) is 13.2 Å². The Morgan fingerprint density at radius 1 is 1.38 bits per heavy atom. The van der Waals surface area contributed by atoms with Gasteiger partial charge in [-0.25, -0.2) is 0 Å².